The summed E-state index contributed by atoms with van der Waals surface area (Å²) in [6.07, 6.45) is 2.70. The Balaban J connectivity index is 1.71. The summed E-state index contributed by atoms with van der Waals surface area (Å²) in [7, 11) is 0. The third-order valence-corrected chi connectivity index (χ3v) is 5.26. The van der Waals surface area contributed by atoms with Crippen LogP contribution in [0, 0.1) is 0 Å². The smallest absolute Gasteiger partial charge is 0.259 e. The number of rotatable bonds is 4. The Hall–Kier alpha value is -2.49. The number of carbonyl (C=O) groups is 1. The largest absolute Gasteiger partial charge is 0.457 e. The van der Waals surface area contributed by atoms with Gasteiger partial charge in [-0.1, -0.05) is 48.3 Å². The molecule has 3 aromatic rings. The second-order valence-corrected chi connectivity index (χ2v) is 7.18. The van der Waals surface area contributed by atoms with Crippen molar-refractivity contribution < 1.29 is 9.21 Å². The van der Waals surface area contributed by atoms with E-state index in [1.807, 2.05) is 47.4 Å². The minimum absolute atomic E-state index is 0.00513. The van der Waals surface area contributed by atoms with Crippen LogP contribution in [0.1, 0.15) is 24.7 Å². The Morgan fingerprint density at radius 1 is 1.04 bits per heavy atom. The first kappa shape index (κ1) is 17.9. The van der Waals surface area contributed by atoms with Gasteiger partial charge in [-0.3, -0.25) is 4.79 Å². The van der Waals surface area contributed by atoms with E-state index in [0.29, 0.717) is 33.7 Å². The van der Waals surface area contributed by atoms with Crippen LogP contribution < -0.4 is 4.90 Å². The second-order valence-electron chi connectivity index (χ2n) is 6.36. The lowest BCUT2D eigenvalue weighted by Gasteiger charge is -2.15. The van der Waals surface area contributed by atoms with E-state index in [0.717, 1.165) is 23.2 Å². The Morgan fingerprint density at radius 3 is 2.63 bits per heavy atom. The molecule has 0 radical (unpaired) electrons. The van der Waals surface area contributed by atoms with Crippen LogP contribution in [-0.2, 0) is 4.79 Å². The minimum Gasteiger partial charge on any atom is -0.457 e. The number of nitrogens with zero attached hydrogens (tertiary/aromatic N) is 1. The van der Waals surface area contributed by atoms with Crippen LogP contribution in [0.3, 0.4) is 0 Å². The summed E-state index contributed by atoms with van der Waals surface area (Å²) in [6, 6.07) is 16.9. The molecule has 1 aliphatic rings. The van der Waals surface area contributed by atoms with Gasteiger partial charge in [0.25, 0.3) is 5.91 Å². The van der Waals surface area contributed by atoms with E-state index in [9.17, 15) is 4.79 Å². The van der Waals surface area contributed by atoms with E-state index in [1.54, 1.807) is 18.2 Å². The minimum atomic E-state index is 0.00513. The molecule has 4 rings (SSSR count). The summed E-state index contributed by atoms with van der Waals surface area (Å²) >= 11 is 12.1. The van der Waals surface area contributed by atoms with Crippen LogP contribution >= 0.6 is 23.2 Å². The zero-order valence-electron chi connectivity index (χ0n) is 14.7. The zero-order chi connectivity index (χ0) is 19.0. The monoisotopic (exact) mass is 397 g/mol. The fourth-order valence-electron chi connectivity index (χ4n) is 3.27. The molecule has 1 aromatic heterocycles. The van der Waals surface area contributed by atoms with Gasteiger partial charge in [0.1, 0.15) is 11.5 Å². The Kier molecular flexibility index (Phi) is 4.81. The highest BCUT2D eigenvalue weighted by molar-refractivity contribution is 6.42. The molecule has 0 unspecified atom stereocenters. The highest BCUT2D eigenvalue weighted by Crippen LogP contribution is 2.38. The van der Waals surface area contributed by atoms with Crippen LogP contribution in [-0.4, -0.2) is 12.5 Å². The van der Waals surface area contributed by atoms with Gasteiger partial charge in [-0.2, -0.15) is 0 Å². The van der Waals surface area contributed by atoms with Gasteiger partial charge in [0, 0.05) is 17.7 Å². The fourth-order valence-corrected chi connectivity index (χ4v) is 3.57. The lowest BCUT2D eigenvalue weighted by molar-refractivity contribution is -0.113. The Labute approximate surface area is 167 Å². The van der Waals surface area contributed by atoms with Crippen molar-refractivity contribution in [3.8, 4) is 11.3 Å². The molecule has 0 N–H and O–H groups in total. The predicted octanol–water partition coefficient (Wildman–Crippen LogP) is 6.55. The normalized spacial score (nSPS) is 14.9. The molecule has 136 valence electrons. The number of hydrogen-bond acceptors (Lipinski definition) is 2. The van der Waals surface area contributed by atoms with Crippen molar-refractivity contribution in [3.63, 3.8) is 0 Å². The molecule has 2 aromatic carbocycles. The van der Waals surface area contributed by atoms with Gasteiger partial charge in [0.05, 0.1) is 21.3 Å². The number of halogens is 2. The molecule has 0 spiro atoms. The highest BCUT2D eigenvalue weighted by atomic mass is 35.5. The van der Waals surface area contributed by atoms with E-state index in [1.165, 1.54) is 0 Å². The van der Waals surface area contributed by atoms with Crippen molar-refractivity contribution in [1.82, 2.24) is 0 Å². The highest BCUT2D eigenvalue weighted by Gasteiger charge is 2.31. The maximum absolute atomic E-state index is 12.9. The van der Waals surface area contributed by atoms with Crippen molar-refractivity contribution in [1.29, 1.82) is 0 Å². The average Bonchev–Trinajstić information content (AvgIpc) is 3.24. The molecule has 0 fully saturated rings. The molecule has 3 nitrogen and oxygen atoms in total. The molecule has 27 heavy (non-hydrogen) atoms. The van der Waals surface area contributed by atoms with Gasteiger partial charge in [-0.05, 0) is 48.9 Å². The number of para-hydroxylation sites is 1. The lowest BCUT2D eigenvalue weighted by atomic mass is 10.1. The molecule has 2 heterocycles. The molecular formula is C22H17Cl2NO2. The van der Waals surface area contributed by atoms with E-state index < -0.39 is 0 Å². The van der Waals surface area contributed by atoms with Crippen LogP contribution in [0.25, 0.3) is 23.0 Å². The third kappa shape index (κ3) is 3.29. The summed E-state index contributed by atoms with van der Waals surface area (Å²) in [5.74, 6) is 1.29. The number of carbonyl (C=O) groups excluding carboxylic acids is 1. The van der Waals surface area contributed by atoms with E-state index in [4.69, 9.17) is 27.6 Å². The van der Waals surface area contributed by atoms with Gasteiger partial charge in [0.15, 0.2) is 0 Å². The van der Waals surface area contributed by atoms with Crippen molar-refractivity contribution in [2.45, 2.75) is 13.3 Å². The van der Waals surface area contributed by atoms with E-state index in [2.05, 4.69) is 6.92 Å². The fraction of sp³-hybridized carbons (Fsp3) is 0.136. The van der Waals surface area contributed by atoms with Gasteiger partial charge in [-0.15, -0.1) is 0 Å². The van der Waals surface area contributed by atoms with Crippen LogP contribution in [0.2, 0.25) is 10.0 Å². The predicted molar refractivity (Wildman–Crippen MR) is 111 cm³/mol. The number of hydrogen-bond donors (Lipinski definition) is 0. The van der Waals surface area contributed by atoms with Crippen molar-refractivity contribution in [2.24, 2.45) is 0 Å². The lowest BCUT2D eigenvalue weighted by Crippen LogP contribution is -2.26. The summed E-state index contributed by atoms with van der Waals surface area (Å²) in [6.45, 7) is 2.76. The van der Waals surface area contributed by atoms with Gasteiger partial charge in [0.2, 0.25) is 0 Å². The van der Waals surface area contributed by atoms with E-state index >= 15 is 0 Å². The Bertz CT molecular complexity index is 1050. The van der Waals surface area contributed by atoms with Gasteiger partial charge < -0.3 is 9.32 Å². The summed E-state index contributed by atoms with van der Waals surface area (Å²) in [5.41, 5.74) is 3.36. The topological polar surface area (TPSA) is 33.5 Å². The van der Waals surface area contributed by atoms with Crippen LogP contribution in [0.4, 0.5) is 5.69 Å². The third-order valence-electron chi connectivity index (χ3n) is 4.53. The molecule has 0 saturated heterocycles. The molecule has 0 atom stereocenters. The molecule has 0 aliphatic carbocycles. The standard InChI is InChI=1S/C22H17Cl2NO2/c1-2-11-25-20-6-4-3-5-16(20)17(22(25)26)13-15-8-10-21(27-15)14-7-9-18(23)19(24)12-14/h3-10,12-13H,2,11H2,1H3/b17-13-. The second kappa shape index (κ2) is 7.26. The van der Waals surface area contributed by atoms with E-state index in [-0.39, 0.29) is 5.91 Å². The zero-order valence-corrected chi connectivity index (χ0v) is 16.2. The molecule has 1 aliphatic heterocycles. The maximum Gasteiger partial charge on any atom is 0.259 e. The number of fused-ring (bicyclic) bond motifs is 1. The molecular weight excluding hydrogens is 381 g/mol. The first-order valence-corrected chi connectivity index (χ1v) is 9.52. The average molecular weight is 398 g/mol. The SMILES string of the molecule is CCCN1C(=O)/C(=C\c2ccc(-c3ccc(Cl)c(Cl)c3)o2)c2ccccc21. The summed E-state index contributed by atoms with van der Waals surface area (Å²) in [4.78, 5) is 14.7. The number of furan rings is 1. The van der Waals surface area contributed by atoms with Crippen LogP contribution in [0.15, 0.2) is 59.0 Å². The number of benzene rings is 2. The molecule has 0 bridgehead atoms. The summed E-state index contributed by atoms with van der Waals surface area (Å²) in [5, 5.41) is 0.971. The summed E-state index contributed by atoms with van der Waals surface area (Å²) < 4.78 is 5.94. The van der Waals surface area contributed by atoms with Gasteiger partial charge >= 0.3 is 0 Å². The molecule has 0 saturated carbocycles. The van der Waals surface area contributed by atoms with Crippen molar-refractivity contribution >= 4 is 46.4 Å². The quantitative estimate of drug-likeness (QED) is 0.467. The Morgan fingerprint density at radius 2 is 1.85 bits per heavy atom. The van der Waals surface area contributed by atoms with Gasteiger partial charge in [-0.25, -0.2) is 0 Å². The van der Waals surface area contributed by atoms with Crippen molar-refractivity contribution in [3.05, 3.63) is 76.0 Å². The first-order chi connectivity index (χ1) is 13.1. The first-order valence-electron chi connectivity index (χ1n) is 8.76. The van der Waals surface area contributed by atoms with Crippen molar-refractivity contribution in [2.75, 3.05) is 11.4 Å². The molecule has 5 heteroatoms. The molecule has 1 amide bonds. The maximum atomic E-state index is 12.9. The number of anilines is 1. The van der Waals surface area contributed by atoms with Crippen LogP contribution in [0.5, 0.6) is 0 Å². The number of amides is 1.